The van der Waals surface area contributed by atoms with Crippen LogP contribution >= 0.6 is 0 Å². The zero-order chi connectivity index (χ0) is 20.9. The van der Waals surface area contributed by atoms with Gasteiger partial charge in [0.05, 0.1) is 13.2 Å². The molecule has 2 aromatic heterocycles. The lowest BCUT2D eigenvalue weighted by Gasteiger charge is -2.30. The highest BCUT2D eigenvalue weighted by atomic mass is 19.4. The van der Waals surface area contributed by atoms with Crippen LogP contribution in [0.5, 0.6) is 5.75 Å². The van der Waals surface area contributed by atoms with E-state index in [1.54, 1.807) is 7.11 Å². The van der Waals surface area contributed by atoms with Crippen LogP contribution in [0.4, 0.5) is 19.0 Å². The second kappa shape index (κ2) is 7.12. The molecule has 1 aromatic carbocycles. The minimum Gasteiger partial charge on any atom is -0.497 e. The van der Waals surface area contributed by atoms with Crippen LogP contribution in [0.2, 0.25) is 0 Å². The number of fused-ring (bicyclic) bond motifs is 1. The lowest BCUT2D eigenvalue weighted by molar-refractivity contribution is -0.141. The largest absolute Gasteiger partial charge is 0.497 e. The quantitative estimate of drug-likeness (QED) is 0.684. The summed E-state index contributed by atoms with van der Waals surface area (Å²) in [5.74, 6) is 0.915. The molecule has 0 radical (unpaired) electrons. The molecule has 158 valence electrons. The molecule has 3 heterocycles. The second-order valence-corrected chi connectivity index (χ2v) is 7.73. The highest BCUT2D eigenvalue weighted by molar-refractivity contribution is 5.47. The third kappa shape index (κ3) is 3.45. The number of nitrogens with one attached hydrogen (secondary N) is 1. The fourth-order valence-electron chi connectivity index (χ4n) is 4.28. The van der Waals surface area contributed by atoms with E-state index in [9.17, 15) is 13.2 Å². The van der Waals surface area contributed by atoms with Crippen molar-refractivity contribution in [3.63, 3.8) is 0 Å². The predicted molar refractivity (Wildman–Crippen MR) is 103 cm³/mol. The van der Waals surface area contributed by atoms with E-state index in [4.69, 9.17) is 4.74 Å². The van der Waals surface area contributed by atoms with E-state index in [-0.39, 0.29) is 23.7 Å². The van der Waals surface area contributed by atoms with Crippen molar-refractivity contribution in [1.29, 1.82) is 0 Å². The number of hydrogen-bond donors (Lipinski definition) is 1. The predicted octanol–water partition coefficient (Wildman–Crippen LogP) is 3.54. The van der Waals surface area contributed by atoms with Crippen LogP contribution in [0, 0.1) is 0 Å². The normalized spacial score (nSPS) is 22.5. The van der Waals surface area contributed by atoms with Gasteiger partial charge in [0.1, 0.15) is 17.9 Å². The first-order chi connectivity index (χ1) is 14.4. The number of alkyl halides is 3. The molecular formula is C20H21F3N6O. The first kappa shape index (κ1) is 19.1. The van der Waals surface area contributed by atoms with Gasteiger partial charge in [0, 0.05) is 24.7 Å². The summed E-state index contributed by atoms with van der Waals surface area (Å²) in [4.78, 5) is 9.89. The van der Waals surface area contributed by atoms with E-state index in [2.05, 4.69) is 25.3 Å². The van der Waals surface area contributed by atoms with Crippen molar-refractivity contribution in [2.75, 3.05) is 19.0 Å². The Morgan fingerprint density at radius 1 is 1.17 bits per heavy atom. The summed E-state index contributed by atoms with van der Waals surface area (Å²) in [5.41, 5.74) is 0.0941. The molecule has 1 saturated carbocycles. The standard InChI is InChI=1S/C20H21F3N6O/c1-30-14-4-2-3-12(9-14)18-15(7-8-28(18)13-5-6-13)26-17-10-16(20(21,22)23)27-19-24-11-25-29(17)19/h2-4,9-11,13,15,18,26H,5-8H2,1H3. The Morgan fingerprint density at radius 3 is 2.73 bits per heavy atom. The minimum atomic E-state index is -4.56. The third-order valence-electron chi connectivity index (χ3n) is 5.76. The van der Waals surface area contributed by atoms with Crippen LogP contribution in [-0.4, -0.2) is 50.2 Å². The molecule has 0 bridgehead atoms. The molecule has 7 nitrogen and oxygen atoms in total. The number of rotatable bonds is 5. The zero-order valence-corrected chi connectivity index (χ0v) is 16.3. The number of benzene rings is 1. The number of halogens is 3. The first-order valence-corrected chi connectivity index (χ1v) is 9.88. The van der Waals surface area contributed by atoms with Gasteiger partial charge in [-0.3, -0.25) is 4.90 Å². The van der Waals surface area contributed by atoms with Gasteiger partial charge in [0.25, 0.3) is 5.78 Å². The van der Waals surface area contributed by atoms with Crippen LogP contribution in [0.3, 0.4) is 0 Å². The van der Waals surface area contributed by atoms with Gasteiger partial charge in [-0.1, -0.05) is 12.1 Å². The van der Waals surface area contributed by atoms with Crippen LogP contribution in [0.1, 0.15) is 36.6 Å². The van der Waals surface area contributed by atoms with Crippen molar-refractivity contribution in [3.05, 3.63) is 47.9 Å². The maximum absolute atomic E-state index is 13.3. The van der Waals surface area contributed by atoms with Gasteiger partial charge in [0.15, 0.2) is 5.69 Å². The first-order valence-electron chi connectivity index (χ1n) is 9.88. The molecule has 10 heteroatoms. The highest BCUT2D eigenvalue weighted by Gasteiger charge is 2.43. The van der Waals surface area contributed by atoms with Crippen molar-refractivity contribution >= 4 is 11.6 Å². The van der Waals surface area contributed by atoms with Gasteiger partial charge in [-0.25, -0.2) is 4.98 Å². The molecule has 0 amide bonds. The van der Waals surface area contributed by atoms with Crippen LogP contribution in [-0.2, 0) is 6.18 Å². The average Bonchev–Trinajstić information content (AvgIpc) is 3.30. The molecule has 1 saturated heterocycles. The van der Waals surface area contributed by atoms with Crippen molar-refractivity contribution in [1.82, 2.24) is 24.5 Å². The van der Waals surface area contributed by atoms with Gasteiger partial charge in [-0.05, 0) is 37.0 Å². The fraction of sp³-hybridized carbons (Fsp3) is 0.450. The lowest BCUT2D eigenvalue weighted by Crippen LogP contribution is -2.33. The molecule has 30 heavy (non-hydrogen) atoms. The van der Waals surface area contributed by atoms with Crippen molar-refractivity contribution in [3.8, 4) is 5.75 Å². The number of methoxy groups -OCH3 is 1. The van der Waals surface area contributed by atoms with Crippen molar-refractivity contribution in [2.45, 2.75) is 43.6 Å². The summed E-state index contributed by atoms with van der Waals surface area (Å²) in [6.45, 7) is 0.877. The van der Waals surface area contributed by atoms with Gasteiger partial charge >= 0.3 is 6.18 Å². The zero-order valence-electron chi connectivity index (χ0n) is 16.3. The Labute approximate surface area is 170 Å². The third-order valence-corrected chi connectivity index (χ3v) is 5.76. The van der Waals surface area contributed by atoms with Crippen molar-refractivity contribution in [2.24, 2.45) is 0 Å². The van der Waals surface area contributed by atoms with E-state index >= 15 is 0 Å². The van der Waals surface area contributed by atoms with Crippen LogP contribution in [0.25, 0.3) is 5.78 Å². The molecular weight excluding hydrogens is 397 g/mol. The van der Waals surface area contributed by atoms with E-state index in [1.807, 2.05) is 24.3 Å². The molecule has 5 rings (SSSR count). The molecule has 2 unspecified atom stereocenters. The Hall–Kier alpha value is -2.88. The number of aromatic nitrogens is 4. The monoisotopic (exact) mass is 418 g/mol. The molecule has 0 spiro atoms. The van der Waals surface area contributed by atoms with Gasteiger partial charge in [0.2, 0.25) is 0 Å². The number of likely N-dealkylation sites (tertiary alicyclic amines) is 1. The number of ether oxygens (including phenoxy) is 1. The Bertz CT molecular complexity index is 1060. The number of hydrogen-bond acceptors (Lipinski definition) is 6. The molecule has 2 atom stereocenters. The van der Waals surface area contributed by atoms with E-state index in [0.717, 1.165) is 43.2 Å². The maximum atomic E-state index is 13.3. The maximum Gasteiger partial charge on any atom is 0.433 e. The van der Waals surface area contributed by atoms with E-state index in [1.165, 1.54) is 10.8 Å². The molecule has 1 N–H and O–H groups in total. The smallest absolute Gasteiger partial charge is 0.433 e. The molecule has 1 aliphatic heterocycles. The summed E-state index contributed by atoms with van der Waals surface area (Å²) in [5, 5.41) is 7.37. The summed E-state index contributed by atoms with van der Waals surface area (Å²) >= 11 is 0. The second-order valence-electron chi connectivity index (χ2n) is 7.73. The summed E-state index contributed by atoms with van der Waals surface area (Å²) < 4.78 is 46.7. The Kier molecular flexibility index (Phi) is 4.53. The van der Waals surface area contributed by atoms with Gasteiger partial charge in [-0.2, -0.15) is 27.8 Å². The fourth-order valence-corrected chi connectivity index (χ4v) is 4.28. The summed E-state index contributed by atoms with van der Waals surface area (Å²) in [6, 6.07) is 9.33. The SMILES string of the molecule is COc1cccc(C2C(Nc3cc(C(F)(F)F)nc4ncnn34)CCN2C2CC2)c1. The summed E-state index contributed by atoms with van der Waals surface area (Å²) in [6.07, 6.45) is -0.259. The summed E-state index contributed by atoms with van der Waals surface area (Å²) in [7, 11) is 1.62. The van der Waals surface area contributed by atoms with Crippen LogP contribution < -0.4 is 10.1 Å². The topological polar surface area (TPSA) is 67.6 Å². The minimum absolute atomic E-state index is 0.0219. The Balaban J connectivity index is 1.52. The molecule has 3 aromatic rings. The van der Waals surface area contributed by atoms with Gasteiger partial charge in [-0.15, -0.1) is 0 Å². The lowest BCUT2D eigenvalue weighted by atomic mass is 9.99. The number of nitrogens with zero attached hydrogens (tertiary/aromatic N) is 5. The molecule has 2 fully saturated rings. The van der Waals surface area contributed by atoms with Crippen LogP contribution in [0.15, 0.2) is 36.7 Å². The average molecular weight is 418 g/mol. The van der Waals surface area contributed by atoms with E-state index < -0.39 is 11.9 Å². The van der Waals surface area contributed by atoms with E-state index in [0.29, 0.717) is 6.04 Å². The van der Waals surface area contributed by atoms with Gasteiger partial charge < -0.3 is 10.1 Å². The van der Waals surface area contributed by atoms with Crippen molar-refractivity contribution < 1.29 is 17.9 Å². The molecule has 1 aliphatic carbocycles. The highest BCUT2D eigenvalue weighted by Crippen LogP contribution is 2.43. The number of anilines is 1. The Morgan fingerprint density at radius 2 is 2.00 bits per heavy atom. The molecule has 2 aliphatic rings.